The smallest absolute Gasteiger partial charge is 0.0684 e. The Morgan fingerprint density at radius 1 is 0.674 bits per heavy atom. The van der Waals surface area contributed by atoms with Crippen LogP contribution in [0, 0.1) is 18.8 Å². The molecule has 0 radical (unpaired) electrons. The topological polar surface area (TPSA) is 29.2 Å². The molecule has 4 aromatic carbocycles. The van der Waals surface area contributed by atoms with Crippen LogP contribution in [0.3, 0.4) is 0 Å². The summed E-state index contributed by atoms with van der Waals surface area (Å²) in [6.45, 7) is 15.5. The Morgan fingerprint density at radius 2 is 1.37 bits per heavy atom. The molecule has 0 atom stereocenters. The second-order valence-corrected chi connectivity index (χ2v) is 13.3. The normalized spacial score (nSPS) is 13.6. The van der Waals surface area contributed by atoms with E-state index < -0.39 is 0 Å². The molecule has 5 nitrogen and oxygen atoms in total. The van der Waals surface area contributed by atoms with Crippen molar-refractivity contribution in [2.45, 2.75) is 52.4 Å². The fraction of sp³-hybridized carbons (Fsp3) is 0.243. The summed E-state index contributed by atoms with van der Waals surface area (Å²) in [4.78, 5) is 4.36. The number of fused-ring (bicyclic) bond motifs is 4. The van der Waals surface area contributed by atoms with Crippen LogP contribution in [0.25, 0.3) is 33.2 Å². The molecule has 0 spiro atoms. The summed E-state index contributed by atoms with van der Waals surface area (Å²) in [5, 5.41) is 7.48. The third-order valence-electron chi connectivity index (χ3n) is 8.12. The predicted molar refractivity (Wildman–Crippen MR) is 174 cm³/mol. The molecular formula is C37H36N5Pt-3. The molecular weight excluding hydrogens is 710 g/mol. The zero-order valence-corrected chi connectivity index (χ0v) is 28.0. The molecule has 0 fully saturated rings. The van der Waals surface area contributed by atoms with Gasteiger partial charge in [0.25, 0.3) is 0 Å². The van der Waals surface area contributed by atoms with Gasteiger partial charge in [-0.25, -0.2) is 0 Å². The fourth-order valence-electron chi connectivity index (χ4n) is 5.89. The van der Waals surface area contributed by atoms with Crippen molar-refractivity contribution < 1.29 is 21.1 Å². The summed E-state index contributed by atoms with van der Waals surface area (Å²) < 4.78 is 4.38. The Balaban J connectivity index is 0.00000329. The number of benzene rings is 4. The van der Waals surface area contributed by atoms with Crippen LogP contribution in [0.15, 0.2) is 84.9 Å². The SMILES string of the molecule is CN1[CH-]N(c2[c-]c(-n3c4[c-]c(-n5nc(C(C)(C)C)cc5C(C)(C)C)ccc4c4ccccc43)ccc2)c2ccccc21.[Pt]. The minimum Gasteiger partial charge on any atom is -0.504 e. The Kier molecular flexibility index (Phi) is 7.09. The number of para-hydroxylation sites is 3. The number of anilines is 3. The maximum atomic E-state index is 5.13. The molecule has 6 heteroatoms. The second-order valence-electron chi connectivity index (χ2n) is 13.3. The Labute approximate surface area is 269 Å². The molecule has 2 aromatic heterocycles. The molecule has 7 rings (SSSR count). The third-order valence-corrected chi connectivity index (χ3v) is 8.12. The molecule has 0 bridgehead atoms. The Morgan fingerprint density at radius 3 is 2.12 bits per heavy atom. The number of rotatable bonds is 3. The largest absolute Gasteiger partial charge is 0.504 e. The van der Waals surface area contributed by atoms with Gasteiger partial charge in [0, 0.05) is 54.5 Å². The standard InChI is InChI=1S/C37H36N5.Pt/c1-36(2,3)34-23-35(37(4,5)6)42(38-34)27-19-20-29-28-15-8-9-16-30(28)41(33(29)22-27)26-14-12-13-25(21-26)40-24-39(7)31-17-10-11-18-32(31)40;/h8-20,23-24H,1-7H3;/q-3;. The molecule has 0 aliphatic carbocycles. The van der Waals surface area contributed by atoms with Gasteiger partial charge in [-0.2, -0.15) is 23.9 Å². The molecule has 222 valence electrons. The van der Waals surface area contributed by atoms with Gasteiger partial charge in [0.2, 0.25) is 0 Å². The van der Waals surface area contributed by atoms with Crippen molar-refractivity contribution in [1.82, 2.24) is 14.3 Å². The number of hydrogen-bond acceptors (Lipinski definition) is 3. The van der Waals surface area contributed by atoms with Gasteiger partial charge in [-0.15, -0.1) is 41.4 Å². The Bertz CT molecular complexity index is 1970. The van der Waals surface area contributed by atoms with Crippen LogP contribution in [0.5, 0.6) is 0 Å². The number of aromatic nitrogens is 3. The summed E-state index contributed by atoms with van der Waals surface area (Å²) in [6.07, 6.45) is 0. The quantitative estimate of drug-likeness (QED) is 0.170. The molecule has 1 aliphatic rings. The van der Waals surface area contributed by atoms with Crippen molar-refractivity contribution in [2.24, 2.45) is 0 Å². The molecule has 0 amide bonds. The summed E-state index contributed by atoms with van der Waals surface area (Å²) in [6, 6.07) is 37.6. The van der Waals surface area contributed by atoms with Gasteiger partial charge < -0.3 is 14.4 Å². The van der Waals surface area contributed by atoms with Crippen LogP contribution in [0.4, 0.5) is 17.1 Å². The maximum absolute atomic E-state index is 5.13. The van der Waals surface area contributed by atoms with Gasteiger partial charge >= 0.3 is 0 Å². The minimum atomic E-state index is -0.0796. The zero-order valence-electron chi connectivity index (χ0n) is 25.7. The predicted octanol–water partition coefficient (Wildman–Crippen LogP) is 8.87. The first-order valence-corrected chi connectivity index (χ1v) is 14.6. The monoisotopic (exact) mass is 745 g/mol. The van der Waals surface area contributed by atoms with Gasteiger partial charge in [0.15, 0.2) is 0 Å². The molecule has 0 unspecified atom stereocenters. The van der Waals surface area contributed by atoms with E-state index in [-0.39, 0.29) is 31.9 Å². The second kappa shape index (κ2) is 10.4. The average Bonchev–Trinajstić information content (AvgIpc) is 3.65. The van der Waals surface area contributed by atoms with E-state index >= 15 is 0 Å². The Hall–Kier alpha value is -3.82. The zero-order chi connectivity index (χ0) is 29.4. The maximum Gasteiger partial charge on any atom is 0.0684 e. The summed E-state index contributed by atoms with van der Waals surface area (Å²) in [5.41, 5.74) is 9.47. The van der Waals surface area contributed by atoms with E-state index in [9.17, 15) is 0 Å². The molecule has 43 heavy (non-hydrogen) atoms. The van der Waals surface area contributed by atoms with Crippen LogP contribution >= 0.6 is 0 Å². The van der Waals surface area contributed by atoms with Crippen LogP contribution in [0.1, 0.15) is 52.9 Å². The summed E-state index contributed by atoms with van der Waals surface area (Å²) in [7, 11) is 2.08. The molecule has 3 heterocycles. The van der Waals surface area contributed by atoms with Crippen LogP contribution in [-0.2, 0) is 31.9 Å². The van der Waals surface area contributed by atoms with E-state index in [4.69, 9.17) is 5.10 Å². The molecule has 0 saturated heterocycles. The van der Waals surface area contributed by atoms with Gasteiger partial charge in [0.05, 0.1) is 5.69 Å². The molecule has 1 aliphatic heterocycles. The first kappa shape index (κ1) is 29.3. The van der Waals surface area contributed by atoms with Crippen LogP contribution < -0.4 is 9.80 Å². The number of nitrogens with zero attached hydrogens (tertiary/aromatic N) is 5. The van der Waals surface area contributed by atoms with Crippen LogP contribution in [0.2, 0.25) is 0 Å². The summed E-state index contributed by atoms with van der Waals surface area (Å²) >= 11 is 0. The van der Waals surface area contributed by atoms with Gasteiger partial charge in [-0.05, 0) is 42.4 Å². The first-order valence-electron chi connectivity index (χ1n) is 14.6. The van der Waals surface area contributed by atoms with Crippen molar-refractivity contribution in [2.75, 3.05) is 16.8 Å². The molecule has 0 saturated carbocycles. The van der Waals surface area contributed by atoms with Gasteiger partial charge in [-0.3, -0.25) is 4.68 Å². The fourth-order valence-corrected chi connectivity index (χ4v) is 5.89. The average molecular weight is 746 g/mol. The number of hydrogen-bond donors (Lipinski definition) is 0. The van der Waals surface area contributed by atoms with E-state index in [1.165, 1.54) is 16.8 Å². The van der Waals surface area contributed by atoms with Crippen molar-refractivity contribution in [3.8, 4) is 11.4 Å². The van der Waals surface area contributed by atoms with E-state index in [0.717, 1.165) is 44.9 Å². The molecule has 6 aromatic rings. The van der Waals surface area contributed by atoms with Gasteiger partial charge in [-0.1, -0.05) is 83.1 Å². The first-order chi connectivity index (χ1) is 20.0. The van der Waals surface area contributed by atoms with Crippen LogP contribution in [-0.4, -0.2) is 21.4 Å². The van der Waals surface area contributed by atoms with Crippen molar-refractivity contribution >= 4 is 38.9 Å². The van der Waals surface area contributed by atoms with Crippen molar-refractivity contribution in [3.05, 3.63) is 115 Å². The summed E-state index contributed by atoms with van der Waals surface area (Å²) in [5.74, 6) is 0. The van der Waals surface area contributed by atoms with Crippen molar-refractivity contribution in [1.29, 1.82) is 0 Å². The third kappa shape index (κ3) is 4.88. The van der Waals surface area contributed by atoms with Gasteiger partial charge in [0.1, 0.15) is 0 Å². The van der Waals surface area contributed by atoms with Crippen molar-refractivity contribution in [3.63, 3.8) is 0 Å². The van der Waals surface area contributed by atoms with E-state index in [1.54, 1.807) is 0 Å². The minimum absolute atomic E-state index is 0. The van der Waals surface area contributed by atoms with E-state index in [0.29, 0.717) is 0 Å². The molecule has 0 N–H and O–H groups in total. The van der Waals surface area contributed by atoms with E-state index in [1.807, 2.05) is 0 Å². The van der Waals surface area contributed by atoms with E-state index in [2.05, 4.69) is 171 Å².